The van der Waals surface area contributed by atoms with E-state index in [1.54, 1.807) is 24.5 Å². The van der Waals surface area contributed by atoms with Crippen LogP contribution in [0.5, 0.6) is 0 Å². The third-order valence-electron chi connectivity index (χ3n) is 2.92. The van der Waals surface area contributed by atoms with E-state index in [1.165, 1.54) is 6.07 Å². The second-order valence-electron chi connectivity index (χ2n) is 4.49. The molecule has 0 saturated heterocycles. The number of halogens is 2. The normalized spacial score (nSPS) is 11.4. The van der Waals surface area contributed by atoms with E-state index in [1.807, 2.05) is 0 Å². The molecule has 2 heterocycles. The number of hydrogen-bond acceptors (Lipinski definition) is 5. The Morgan fingerprint density at radius 3 is 2.43 bits per heavy atom. The zero-order valence-corrected chi connectivity index (χ0v) is 12.2. The molecular formula is C14H9F2N3O3S. The van der Waals surface area contributed by atoms with Crippen molar-refractivity contribution in [2.75, 3.05) is 4.72 Å². The minimum absolute atomic E-state index is 0.151. The molecule has 0 fully saturated rings. The van der Waals surface area contributed by atoms with Crippen LogP contribution in [0.25, 0.3) is 11.3 Å². The van der Waals surface area contributed by atoms with E-state index in [4.69, 9.17) is 4.52 Å². The highest BCUT2D eigenvalue weighted by Gasteiger charge is 2.19. The Morgan fingerprint density at radius 1 is 1.00 bits per heavy atom. The van der Waals surface area contributed by atoms with E-state index in [2.05, 4.69) is 14.9 Å². The van der Waals surface area contributed by atoms with Crippen LogP contribution in [0, 0.1) is 11.6 Å². The smallest absolute Gasteiger partial charge is 0.264 e. The third kappa shape index (κ3) is 3.19. The van der Waals surface area contributed by atoms with Gasteiger partial charge in [0, 0.05) is 24.0 Å². The van der Waals surface area contributed by atoms with Crippen LogP contribution in [0.1, 0.15) is 0 Å². The van der Waals surface area contributed by atoms with Gasteiger partial charge in [-0.25, -0.2) is 21.9 Å². The van der Waals surface area contributed by atoms with Crippen molar-refractivity contribution >= 4 is 15.9 Å². The van der Waals surface area contributed by atoms with Gasteiger partial charge in [0.1, 0.15) is 5.69 Å². The molecule has 0 aliphatic rings. The molecule has 0 radical (unpaired) electrons. The van der Waals surface area contributed by atoms with Crippen LogP contribution in [0.2, 0.25) is 0 Å². The van der Waals surface area contributed by atoms with Crippen LogP contribution in [0.4, 0.5) is 14.7 Å². The predicted octanol–water partition coefficient (Wildman–Crippen LogP) is 2.82. The van der Waals surface area contributed by atoms with Crippen molar-refractivity contribution < 1.29 is 21.7 Å². The van der Waals surface area contributed by atoms with E-state index < -0.39 is 26.6 Å². The van der Waals surface area contributed by atoms with Gasteiger partial charge in [-0.3, -0.25) is 4.98 Å². The van der Waals surface area contributed by atoms with E-state index >= 15 is 0 Å². The number of anilines is 1. The summed E-state index contributed by atoms with van der Waals surface area (Å²) in [6, 6.07) is 6.97. The van der Waals surface area contributed by atoms with Gasteiger partial charge in [-0.15, -0.1) is 0 Å². The quantitative estimate of drug-likeness (QED) is 0.791. The third-order valence-corrected chi connectivity index (χ3v) is 4.27. The number of hydrogen-bond donors (Lipinski definition) is 1. The molecule has 3 rings (SSSR count). The fraction of sp³-hybridized carbons (Fsp3) is 0. The summed E-state index contributed by atoms with van der Waals surface area (Å²) in [6.45, 7) is 0. The summed E-state index contributed by atoms with van der Waals surface area (Å²) < 4.78 is 57.3. The largest absolute Gasteiger partial charge is 0.337 e. The summed E-state index contributed by atoms with van der Waals surface area (Å²) in [5.74, 6) is -2.55. The summed E-state index contributed by atoms with van der Waals surface area (Å²) in [4.78, 5) is 3.42. The van der Waals surface area contributed by atoms with E-state index in [9.17, 15) is 17.2 Å². The van der Waals surface area contributed by atoms with Gasteiger partial charge in [0.2, 0.25) is 5.88 Å². The number of benzene rings is 1. The average Bonchev–Trinajstić information content (AvgIpc) is 2.98. The lowest BCUT2D eigenvalue weighted by Crippen LogP contribution is -2.12. The number of nitrogens with one attached hydrogen (secondary N) is 1. The van der Waals surface area contributed by atoms with Crippen LogP contribution < -0.4 is 4.72 Å². The van der Waals surface area contributed by atoms with Crippen LogP contribution in [0.15, 0.2) is 58.2 Å². The lowest BCUT2D eigenvalue weighted by Gasteiger charge is -2.04. The topological polar surface area (TPSA) is 85.1 Å². The van der Waals surface area contributed by atoms with Gasteiger partial charge in [-0.2, -0.15) is 0 Å². The number of rotatable bonds is 4. The first-order valence-corrected chi connectivity index (χ1v) is 7.79. The van der Waals surface area contributed by atoms with Crippen LogP contribution in [-0.2, 0) is 10.0 Å². The first-order valence-electron chi connectivity index (χ1n) is 6.31. The van der Waals surface area contributed by atoms with Gasteiger partial charge in [-0.1, -0.05) is 5.16 Å². The molecule has 0 amide bonds. The monoisotopic (exact) mass is 337 g/mol. The molecule has 2 aromatic heterocycles. The van der Waals surface area contributed by atoms with E-state index in [0.29, 0.717) is 17.3 Å². The SMILES string of the molecule is O=S(=O)(Nc1cc(-c2ccncc2)no1)c1ccc(F)c(F)c1. The van der Waals surface area contributed by atoms with Crippen molar-refractivity contribution in [3.63, 3.8) is 0 Å². The highest BCUT2D eigenvalue weighted by molar-refractivity contribution is 7.92. The Balaban J connectivity index is 1.86. The van der Waals surface area contributed by atoms with E-state index in [-0.39, 0.29) is 5.88 Å². The van der Waals surface area contributed by atoms with Crippen molar-refractivity contribution in [1.29, 1.82) is 0 Å². The van der Waals surface area contributed by atoms with Crippen molar-refractivity contribution in [2.45, 2.75) is 4.90 Å². The summed E-state index contributed by atoms with van der Waals surface area (Å²) in [7, 11) is -4.12. The molecular weight excluding hydrogens is 328 g/mol. The molecule has 3 aromatic rings. The molecule has 9 heteroatoms. The van der Waals surface area contributed by atoms with E-state index in [0.717, 1.165) is 12.1 Å². The lowest BCUT2D eigenvalue weighted by molar-refractivity contribution is 0.438. The fourth-order valence-corrected chi connectivity index (χ4v) is 2.80. The Morgan fingerprint density at radius 2 is 1.74 bits per heavy atom. The zero-order valence-electron chi connectivity index (χ0n) is 11.4. The minimum atomic E-state index is -4.12. The van der Waals surface area contributed by atoms with Gasteiger partial charge >= 0.3 is 0 Å². The summed E-state index contributed by atoms with van der Waals surface area (Å²) >= 11 is 0. The Hall–Kier alpha value is -2.81. The summed E-state index contributed by atoms with van der Waals surface area (Å²) in [5, 5.41) is 3.73. The van der Waals surface area contributed by atoms with Crippen LogP contribution in [-0.4, -0.2) is 18.6 Å². The second kappa shape index (κ2) is 5.76. The molecule has 1 aromatic carbocycles. The molecule has 23 heavy (non-hydrogen) atoms. The van der Waals surface area contributed by atoms with Gasteiger partial charge < -0.3 is 4.52 Å². The van der Waals surface area contributed by atoms with Crippen LogP contribution in [0.3, 0.4) is 0 Å². The molecule has 0 aliphatic heterocycles. The molecule has 0 atom stereocenters. The van der Waals surface area contributed by atoms with Gasteiger partial charge in [0.05, 0.1) is 4.90 Å². The standard InChI is InChI=1S/C14H9F2N3O3S/c15-11-2-1-10(7-12(11)16)23(20,21)19-14-8-13(18-22-14)9-3-5-17-6-4-9/h1-8,19H. The lowest BCUT2D eigenvalue weighted by atomic mass is 10.2. The molecule has 1 N–H and O–H groups in total. The van der Waals surface area contributed by atoms with Crippen molar-refractivity contribution in [2.24, 2.45) is 0 Å². The highest BCUT2D eigenvalue weighted by Crippen LogP contribution is 2.23. The van der Waals surface area contributed by atoms with Gasteiger partial charge in [0.25, 0.3) is 10.0 Å². The minimum Gasteiger partial charge on any atom is -0.337 e. The molecule has 118 valence electrons. The van der Waals surface area contributed by atoms with Gasteiger partial charge in [-0.05, 0) is 30.3 Å². The molecule has 0 aliphatic carbocycles. The molecule has 0 bridgehead atoms. The van der Waals surface area contributed by atoms with Crippen molar-refractivity contribution in [3.8, 4) is 11.3 Å². The second-order valence-corrected chi connectivity index (χ2v) is 6.18. The highest BCUT2D eigenvalue weighted by atomic mass is 32.2. The molecule has 6 nitrogen and oxygen atoms in total. The number of sulfonamides is 1. The molecule has 0 saturated carbocycles. The Kier molecular flexibility index (Phi) is 3.78. The van der Waals surface area contributed by atoms with Gasteiger partial charge in [0.15, 0.2) is 11.6 Å². The van der Waals surface area contributed by atoms with Crippen molar-refractivity contribution in [3.05, 3.63) is 60.4 Å². The van der Waals surface area contributed by atoms with Crippen molar-refractivity contribution in [1.82, 2.24) is 10.1 Å². The number of nitrogens with zero attached hydrogens (tertiary/aromatic N) is 2. The molecule has 0 unspecified atom stereocenters. The Labute approximate surface area is 129 Å². The Bertz CT molecular complexity index is 943. The number of pyridine rings is 1. The maximum absolute atomic E-state index is 13.2. The number of aromatic nitrogens is 2. The zero-order chi connectivity index (χ0) is 16.4. The maximum Gasteiger partial charge on any atom is 0.264 e. The average molecular weight is 337 g/mol. The fourth-order valence-electron chi connectivity index (χ4n) is 1.82. The predicted molar refractivity (Wildman–Crippen MR) is 76.9 cm³/mol. The first kappa shape index (κ1) is 15.1. The first-order chi connectivity index (χ1) is 11.0. The summed E-state index contributed by atoms with van der Waals surface area (Å²) in [6.07, 6.45) is 3.10. The summed E-state index contributed by atoms with van der Waals surface area (Å²) in [5.41, 5.74) is 1.08. The van der Waals surface area contributed by atoms with Crippen LogP contribution >= 0.6 is 0 Å². The maximum atomic E-state index is 13.2. The molecule has 0 spiro atoms.